The van der Waals surface area contributed by atoms with E-state index >= 15 is 0 Å². The summed E-state index contributed by atoms with van der Waals surface area (Å²) in [4.78, 5) is 11.3. The zero-order valence-electron chi connectivity index (χ0n) is 11.2. The first-order valence-corrected chi connectivity index (χ1v) is 13.0. The van der Waals surface area contributed by atoms with Crippen LogP contribution in [0.3, 0.4) is 0 Å². The van der Waals surface area contributed by atoms with Gasteiger partial charge in [0.1, 0.15) is 0 Å². The molecule has 0 aromatic heterocycles. The molecule has 0 saturated heterocycles. The molecule has 2 nitrogen and oxygen atoms in total. The molecule has 0 spiro atoms. The van der Waals surface area contributed by atoms with Gasteiger partial charge in [-0.05, 0) is 0 Å². The summed E-state index contributed by atoms with van der Waals surface area (Å²) in [6, 6.07) is 0. The van der Waals surface area contributed by atoms with Crippen LogP contribution in [0.25, 0.3) is 0 Å². The summed E-state index contributed by atoms with van der Waals surface area (Å²) in [6.45, 7) is 6.37. The Kier molecular flexibility index (Phi) is 10.2. The van der Waals surface area contributed by atoms with E-state index in [2.05, 4.69) is 17.9 Å². The van der Waals surface area contributed by atoms with Gasteiger partial charge in [0.2, 0.25) is 0 Å². The maximum absolute atomic E-state index is 11.3. The molecule has 0 unspecified atom stereocenters. The van der Waals surface area contributed by atoms with Crippen molar-refractivity contribution in [3.63, 3.8) is 0 Å². The second-order valence-corrected chi connectivity index (χ2v) is 13.0. The number of hydrogen-bond donors (Lipinski definition) is 0. The number of carbonyl (C=O) groups excluding carboxylic acids is 1. The first-order valence-electron chi connectivity index (χ1n) is 6.42. The number of unbranched alkanes of at least 4 members (excludes halogenated alkanes) is 2. The van der Waals surface area contributed by atoms with Crippen molar-refractivity contribution in [3.8, 4) is 0 Å². The molecule has 0 amide bonds. The predicted octanol–water partition coefficient (Wildman–Crippen LogP) is 3.47. The number of ether oxygens (including phenoxy) is 1. The normalized spacial score (nSPS) is 11.9. The third-order valence-electron chi connectivity index (χ3n) is 2.85. The minimum atomic E-state index is -1.58. The zero-order chi connectivity index (χ0) is 12.4. The zero-order valence-corrected chi connectivity index (χ0v) is 14.5. The third kappa shape index (κ3) is 7.31. The van der Waals surface area contributed by atoms with Gasteiger partial charge in [-0.1, -0.05) is 0 Å². The molecular weight excluding hydrogens is 307 g/mol. The van der Waals surface area contributed by atoms with E-state index in [0.29, 0.717) is 0 Å². The molecule has 16 heavy (non-hydrogen) atoms. The van der Waals surface area contributed by atoms with Crippen molar-refractivity contribution in [2.24, 2.45) is 0 Å². The molecule has 94 valence electrons. The van der Waals surface area contributed by atoms with Crippen LogP contribution in [0.15, 0.2) is 9.67 Å². The summed E-state index contributed by atoms with van der Waals surface area (Å²) in [5.41, 5.74) is 0.843. The molecule has 0 fully saturated rings. The molecule has 0 aliphatic heterocycles. The van der Waals surface area contributed by atoms with E-state index in [1.807, 2.05) is 6.92 Å². The Labute approximate surface area is 107 Å². The van der Waals surface area contributed by atoms with Crippen molar-refractivity contribution >= 4 is 25.7 Å². The van der Waals surface area contributed by atoms with Gasteiger partial charge in [-0.15, -0.1) is 0 Å². The topological polar surface area (TPSA) is 26.3 Å². The molecule has 0 rings (SSSR count). The maximum atomic E-state index is 11.3. The van der Waals surface area contributed by atoms with Crippen LogP contribution in [0.4, 0.5) is 0 Å². The van der Waals surface area contributed by atoms with Crippen molar-refractivity contribution < 1.29 is 9.53 Å². The van der Waals surface area contributed by atoms with Crippen molar-refractivity contribution in [2.45, 2.75) is 55.3 Å². The molecule has 0 radical (unpaired) electrons. The van der Waals surface area contributed by atoms with Crippen LogP contribution >= 0.6 is 0 Å². The Bertz CT molecular complexity index is 216. The van der Waals surface area contributed by atoms with Gasteiger partial charge >= 0.3 is 107 Å². The van der Waals surface area contributed by atoms with Crippen LogP contribution < -0.4 is 0 Å². The average molecular weight is 333 g/mol. The molecule has 0 atom stereocenters. The summed E-state index contributed by atoms with van der Waals surface area (Å²) in [6.07, 6.45) is 5.19. The van der Waals surface area contributed by atoms with E-state index in [1.165, 1.54) is 41.7 Å². The molecular formula is C13H26O2Sn. The van der Waals surface area contributed by atoms with Crippen LogP contribution in [-0.4, -0.2) is 32.8 Å². The van der Waals surface area contributed by atoms with Crippen LogP contribution in [0, 0.1) is 0 Å². The molecule has 0 aromatic carbocycles. The average Bonchev–Trinajstić information content (AvgIpc) is 2.31. The number of carbonyl (C=O) groups is 1. The standard InChI is InChI=1S/C5H7O2.2C4H9.Sn.H/c1-4(2)5(6)7-3;2*1-3-4-2;;/h1H,2-3H3;2*1,3-4H2,2H3;;. The SMILES string of the molecule is CCC[CH2][SnH]([CH]=C(C)C(=O)OC)[CH2]CCC. The molecule has 0 aliphatic carbocycles. The Morgan fingerprint density at radius 3 is 2.06 bits per heavy atom. The Morgan fingerprint density at radius 1 is 1.19 bits per heavy atom. The monoisotopic (exact) mass is 334 g/mol. The predicted molar refractivity (Wildman–Crippen MR) is 72.4 cm³/mol. The second-order valence-electron chi connectivity index (χ2n) is 4.39. The van der Waals surface area contributed by atoms with E-state index in [1.54, 1.807) is 0 Å². The minimum absolute atomic E-state index is 0.144. The molecule has 3 heteroatoms. The second kappa shape index (κ2) is 10.2. The summed E-state index contributed by atoms with van der Waals surface area (Å²) >= 11 is -1.58. The first kappa shape index (κ1) is 16.0. The molecule has 0 bridgehead atoms. The van der Waals surface area contributed by atoms with Crippen molar-refractivity contribution in [3.05, 3.63) is 9.67 Å². The van der Waals surface area contributed by atoms with Gasteiger partial charge in [0.05, 0.1) is 0 Å². The van der Waals surface area contributed by atoms with Crippen LogP contribution in [-0.2, 0) is 9.53 Å². The first-order chi connectivity index (χ1) is 7.65. The summed E-state index contributed by atoms with van der Waals surface area (Å²) in [7, 11) is 1.46. The molecule has 0 aliphatic rings. The van der Waals surface area contributed by atoms with Gasteiger partial charge in [0.25, 0.3) is 0 Å². The van der Waals surface area contributed by atoms with E-state index in [-0.39, 0.29) is 5.97 Å². The van der Waals surface area contributed by atoms with Crippen LogP contribution in [0.5, 0.6) is 0 Å². The number of rotatable bonds is 8. The van der Waals surface area contributed by atoms with E-state index in [0.717, 1.165) is 5.57 Å². The summed E-state index contributed by atoms with van der Waals surface area (Å²) in [5.74, 6) is -0.144. The summed E-state index contributed by atoms with van der Waals surface area (Å²) in [5, 5.41) is 0. The number of esters is 1. The van der Waals surface area contributed by atoms with Crippen molar-refractivity contribution in [1.29, 1.82) is 0 Å². The molecule has 0 heterocycles. The summed E-state index contributed by atoms with van der Waals surface area (Å²) < 4.78 is 9.84. The molecule has 0 saturated carbocycles. The van der Waals surface area contributed by atoms with Gasteiger partial charge in [-0.25, -0.2) is 0 Å². The number of hydrogen-bond acceptors (Lipinski definition) is 2. The fourth-order valence-electron chi connectivity index (χ4n) is 1.83. The van der Waals surface area contributed by atoms with Crippen molar-refractivity contribution in [2.75, 3.05) is 7.11 Å². The van der Waals surface area contributed by atoms with E-state index < -0.39 is 19.8 Å². The Morgan fingerprint density at radius 2 is 1.69 bits per heavy atom. The van der Waals surface area contributed by atoms with Gasteiger partial charge in [-0.3, -0.25) is 0 Å². The fourth-order valence-corrected chi connectivity index (χ4v) is 11.3. The third-order valence-corrected chi connectivity index (χ3v) is 12.2. The number of methoxy groups -OCH3 is 1. The van der Waals surface area contributed by atoms with Crippen LogP contribution in [0.2, 0.25) is 8.87 Å². The fraction of sp³-hybridized carbons (Fsp3) is 0.769. The quantitative estimate of drug-likeness (QED) is 0.386. The van der Waals surface area contributed by atoms with Gasteiger partial charge in [0, 0.05) is 0 Å². The molecule has 0 N–H and O–H groups in total. The van der Waals surface area contributed by atoms with Crippen molar-refractivity contribution in [1.82, 2.24) is 0 Å². The van der Waals surface area contributed by atoms with Gasteiger partial charge < -0.3 is 0 Å². The van der Waals surface area contributed by atoms with Gasteiger partial charge in [0.15, 0.2) is 0 Å². The van der Waals surface area contributed by atoms with E-state index in [4.69, 9.17) is 4.74 Å². The molecule has 0 aromatic rings. The Balaban J connectivity index is 4.31. The van der Waals surface area contributed by atoms with Gasteiger partial charge in [-0.2, -0.15) is 0 Å². The Hall–Kier alpha value is 0.00870. The van der Waals surface area contributed by atoms with Crippen LogP contribution in [0.1, 0.15) is 46.5 Å². The van der Waals surface area contributed by atoms with E-state index in [9.17, 15) is 4.79 Å².